The van der Waals surface area contributed by atoms with E-state index in [2.05, 4.69) is 6.92 Å². The van der Waals surface area contributed by atoms with Gasteiger partial charge >= 0.3 is 5.97 Å². The van der Waals surface area contributed by atoms with E-state index in [0.29, 0.717) is 41.8 Å². The molecule has 1 saturated heterocycles. The zero-order chi connectivity index (χ0) is 19.1. The third-order valence-electron chi connectivity index (χ3n) is 3.93. The fraction of sp³-hybridized carbons (Fsp3) is 0.556. The lowest BCUT2D eigenvalue weighted by Crippen LogP contribution is -2.48. The minimum atomic E-state index is -1.09. The van der Waals surface area contributed by atoms with E-state index in [-0.39, 0.29) is 19.1 Å². The van der Waals surface area contributed by atoms with Crippen LogP contribution in [0.15, 0.2) is 12.1 Å². The van der Waals surface area contributed by atoms with E-state index in [4.69, 9.17) is 30.9 Å². The number of hydrogen-bond donors (Lipinski definition) is 1. The maximum absolute atomic E-state index is 12.8. The molecule has 1 N–H and O–H groups in total. The molecule has 0 radical (unpaired) electrons. The number of benzene rings is 1. The number of rotatable bonds is 8. The number of aliphatic carboxylic acids is 1. The Hall–Kier alpha value is -1.99. The first-order valence-corrected chi connectivity index (χ1v) is 9.08. The molecule has 0 bridgehead atoms. The summed E-state index contributed by atoms with van der Waals surface area (Å²) in [6.07, 6.45) is 0.846. The summed E-state index contributed by atoms with van der Waals surface area (Å²) in [4.78, 5) is 25.3. The molecule has 144 valence electrons. The van der Waals surface area contributed by atoms with Crippen molar-refractivity contribution in [3.05, 3.63) is 22.7 Å². The van der Waals surface area contributed by atoms with E-state index in [1.165, 1.54) is 11.0 Å². The van der Waals surface area contributed by atoms with E-state index in [1.807, 2.05) is 6.92 Å². The van der Waals surface area contributed by atoms with E-state index < -0.39 is 12.1 Å². The Balaban J connectivity index is 2.22. The number of carboxylic acid groups (broad SMARTS) is 1. The highest BCUT2D eigenvalue weighted by atomic mass is 35.5. The molecule has 0 spiro atoms. The van der Waals surface area contributed by atoms with Gasteiger partial charge in [-0.2, -0.15) is 0 Å². The number of carboxylic acids is 1. The van der Waals surface area contributed by atoms with Crippen LogP contribution in [0.2, 0.25) is 5.02 Å². The SMILES string of the molecule is CCCCOc1c(Cl)cc(C(=O)N2CCO[C@H](C(=O)O)C2)cc1OCC. The predicted octanol–water partition coefficient (Wildman–Crippen LogP) is 2.84. The molecule has 1 aromatic rings. The van der Waals surface area contributed by atoms with Gasteiger partial charge in [0.1, 0.15) is 0 Å². The predicted molar refractivity (Wildman–Crippen MR) is 96.3 cm³/mol. The van der Waals surface area contributed by atoms with Crippen molar-refractivity contribution in [2.45, 2.75) is 32.8 Å². The molecule has 1 heterocycles. The largest absolute Gasteiger partial charge is 0.490 e. The Kier molecular flexibility index (Phi) is 7.53. The van der Waals surface area contributed by atoms with Crippen LogP contribution >= 0.6 is 11.6 Å². The lowest BCUT2D eigenvalue weighted by molar-refractivity contribution is -0.154. The van der Waals surface area contributed by atoms with Crippen LogP contribution in [0.25, 0.3) is 0 Å². The standard InChI is InChI=1S/C18H24ClNO6/c1-3-5-7-26-16-13(19)9-12(10-14(16)24-4-2)17(21)20-6-8-25-15(11-20)18(22)23/h9-10,15H,3-8,11H2,1-2H3,(H,22,23)/t15-/m0/s1. The molecule has 0 aliphatic carbocycles. The molecule has 26 heavy (non-hydrogen) atoms. The summed E-state index contributed by atoms with van der Waals surface area (Å²) in [5.41, 5.74) is 0.326. The molecule has 1 atom stereocenters. The maximum atomic E-state index is 12.8. The molecule has 2 rings (SSSR count). The highest BCUT2D eigenvalue weighted by molar-refractivity contribution is 6.32. The molecular formula is C18H24ClNO6. The average Bonchev–Trinajstić information content (AvgIpc) is 2.63. The van der Waals surface area contributed by atoms with Gasteiger partial charge in [-0.25, -0.2) is 4.79 Å². The highest BCUT2D eigenvalue weighted by Gasteiger charge is 2.30. The maximum Gasteiger partial charge on any atom is 0.334 e. The first-order valence-electron chi connectivity index (χ1n) is 8.70. The molecule has 8 heteroatoms. The number of carbonyl (C=O) groups excluding carboxylic acids is 1. The van der Waals surface area contributed by atoms with Crippen molar-refractivity contribution in [3.63, 3.8) is 0 Å². The fourth-order valence-electron chi connectivity index (χ4n) is 2.58. The first-order chi connectivity index (χ1) is 12.5. The number of nitrogens with zero attached hydrogens (tertiary/aromatic N) is 1. The van der Waals surface area contributed by atoms with Gasteiger partial charge in [0.25, 0.3) is 5.91 Å². The summed E-state index contributed by atoms with van der Waals surface area (Å²) in [5, 5.41) is 9.38. The number of ether oxygens (including phenoxy) is 3. The van der Waals surface area contributed by atoms with Gasteiger partial charge in [0, 0.05) is 12.1 Å². The van der Waals surface area contributed by atoms with E-state index in [1.54, 1.807) is 6.07 Å². The third kappa shape index (κ3) is 5.02. The second-order valence-electron chi connectivity index (χ2n) is 5.87. The topological polar surface area (TPSA) is 85.3 Å². The number of amides is 1. The van der Waals surface area contributed by atoms with Crippen LogP contribution in [0.4, 0.5) is 0 Å². The summed E-state index contributed by atoms with van der Waals surface area (Å²) < 4.78 is 16.4. The second kappa shape index (κ2) is 9.64. The lowest BCUT2D eigenvalue weighted by atomic mass is 10.1. The molecule has 0 saturated carbocycles. The summed E-state index contributed by atoms with van der Waals surface area (Å²) in [5.74, 6) is -0.580. The van der Waals surface area contributed by atoms with Gasteiger partial charge in [0.15, 0.2) is 17.6 Å². The van der Waals surface area contributed by atoms with Gasteiger partial charge < -0.3 is 24.2 Å². The zero-order valence-corrected chi connectivity index (χ0v) is 15.8. The number of unbranched alkanes of at least 4 members (excludes halogenated alkanes) is 1. The van der Waals surface area contributed by atoms with E-state index in [0.717, 1.165) is 12.8 Å². The normalized spacial score (nSPS) is 17.0. The van der Waals surface area contributed by atoms with Gasteiger partial charge in [-0.05, 0) is 25.5 Å². The first kappa shape index (κ1) is 20.3. The van der Waals surface area contributed by atoms with Crippen LogP contribution in [0.3, 0.4) is 0 Å². The van der Waals surface area contributed by atoms with Gasteiger partial charge in [-0.1, -0.05) is 24.9 Å². The van der Waals surface area contributed by atoms with Crippen LogP contribution in [0.1, 0.15) is 37.0 Å². The molecule has 0 unspecified atom stereocenters. The quantitative estimate of drug-likeness (QED) is 0.692. The van der Waals surface area contributed by atoms with Gasteiger partial charge in [-0.3, -0.25) is 4.79 Å². The Labute approximate surface area is 157 Å². The Morgan fingerprint density at radius 2 is 2.12 bits per heavy atom. The van der Waals surface area contributed by atoms with Crippen molar-refractivity contribution in [3.8, 4) is 11.5 Å². The van der Waals surface area contributed by atoms with Gasteiger partial charge in [-0.15, -0.1) is 0 Å². The minimum Gasteiger partial charge on any atom is -0.490 e. The number of carbonyl (C=O) groups is 2. The summed E-state index contributed by atoms with van der Waals surface area (Å²) in [6.45, 7) is 5.28. The Bertz CT molecular complexity index is 651. The minimum absolute atomic E-state index is 0.00942. The Morgan fingerprint density at radius 1 is 1.35 bits per heavy atom. The molecule has 1 aliphatic rings. The molecule has 1 aliphatic heterocycles. The van der Waals surface area contributed by atoms with E-state index in [9.17, 15) is 9.59 Å². The third-order valence-corrected chi connectivity index (χ3v) is 4.21. The molecule has 1 fully saturated rings. The van der Waals surface area contributed by atoms with Gasteiger partial charge in [0.2, 0.25) is 0 Å². The highest BCUT2D eigenvalue weighted by Crippen LogP contribution is 2.37. The van der Waals surface area contributed by atoms with Crippen LogP contribution in [-0.2, 0) is 9.53 Å². The Morgan fingerprint density at radius 3 is 2.77 bits per heavy atom. The fourth-order valence-corrected chi connectivity index (χ4v) is 2.84. The van der Waals surface area contributed by atoms with Crippen LogP contribution in [0.5, 0.6) is 11.5 Å². The van der Waals surface area contributed by atoms with Crippen molar-refractivity contribution >= 4 is 23.5 Å². The average molecular weight is 386 g/mol. The summed E-state index contributed by atoms with van der Waals surface area (Å²) in [6, 6.07) is 3.11. The molecule has 1 aromatic carbocycles. The summed E-state index contributed by atoms with van der Waals surface area (Å²) in [7, 11) is 0. The molecule has 1 amide bonds. The zero-order valence-electron chi connectivity index (χ0n) is 15.0. The van der Waals surface area contributed by atoms with E-state index >= 15 is 0 Å². The smallest absolute Gasteiger partial charge is 0.334 e. The van der Waals surface area contributed by atoms with Crippen molar-refractivity contribution < 1.29 is 28.9 Å². The molecular weight excluding hydrogens is 362 g/mol. The monoisotopic (exact) mass is 385 g/mol. The summed E-state index contributed by atoms with van der Waals surface area (Å²) >= 11 is 6.32. The lowest BCUT2D eigenvalue weighted by Gasteiger charge is -2.31. The number of halogens is 1. The molecule has 7 nitrogen and oxygen atoms in total. The van der Waals surface area contributed by atoms with Crippen molar-refractivity contribution in [2.75, 3.05) is 32.9 Å². The number of hydrogen-bond acceptors (Lipinski definition) is 5. The number of morpholine rings is 1. The van der Waals surface area contributed by atoms with Crippen LogP contribution < -0.4 is 9.47 Å². The van der Waals surface area contributed by atoms with Crippen LogP contribution in [-0.4, -0.2) is 60.9 Å². The molecule has 0 aromatic heterocycles. The van der Waals surface area contributed by atoms with Crippen molar-refractivity contribution in [1.82, 2.24) is 4.90 Å². The second-order valence-corrected chi connectivity index (χ2v) is 6.28. The van der Waals surface area contributed by atoms with Gasteiger partial charge in [0.05, 0.1) is 31.4 Å². The van der Waals surface area contributed by atoms with Crippen molar-refractivity contribution in [2.24, 2.45) is 0 Å². The van der Waals surface area contributed by atoms with Crippen molar-refractivity contribution in [1.29, 1.82) is 0 Å². The van der Waals surface area contributed by atoms with Crippen LogP contribution in [0, 0.1) is 0 Å².